The standard InChI is InChI=1S/C12H15BrClNO/c1-9(13)8-15(2)12(16)7-10-4-3-5-11(14)6-10/h3-6,9H,7-8H2,1-2H3. The van der Waals surface area contributed by atoms with Gasteiger partial charge in [-0.25, -0.2) is 0 Å². The second kappa shape index (κ2) is 6.26. The number of amides is 1. The van der Waals surface area contributed by atoms with Crippen molar-refractivity contribution in [2.24, 2.45) is 0 Å². The maximum Gasteiger partial charge on any atom is 0.226 e. The smallest absolute Gasteiger partial charge is 0.226 e. The molecule has 1 unspecified atom stereocenters. The Labute approximate surface area is 110 Å². The van der Waals surface area contributed by atoms with Gasteiger partial charge in [-0.15, -0.1) is 0 Å². The highest BCUT2D eigenvalue weighted by atomic mass is 79.9. The Kier molecular flexibility index (Phi) is 5.29. The molecule has 0 N–H and O–H groups in total. The van der Waals surface area contributed by atoms with Crippen LogP contribution in [0.25, 0.3) is 0 Å². The molecule has 0 radical (unpaired) electrons. The van der Waals surface area contributed by atoms with E-state index in [1.165, 1.54) is 0 Å². The Morgan fingerprint density at radius 2 is 2.25 bits per heavy atom. The molecule has 0 heterocycles. The summed E-state index contributed by atoms with van der Waals surface area (Å²) in [5.74, 6) is 0.105. The zero-order chi connectivity index (χ0) is 12.1. The third-order valence-corrected chi connectivity index (χ3v) is 2.72. The summed E-state index contributed by atoms with van der Waals surface area (Å²) in [5.41, 5.74) is 0.951. The molecule has 2 nitrogen and oxygen atoms in total. The maximum atomic E-state index is 11.8. The minimum Gasteiger partial charge on any atom is -0.344 e. The molecule has 1 atom stereocenters. The molecule has 0 aliphatic carbocycles. The van der Waals surface area contributed by atoms with Crippen LogP contribution in [0.1, 0.15) is 12.5 Å². The van der Waals surface area contributed by atoms with Gasteiger partial charge in [-0.1, -0.05) is 46.6 Å². The van der Waals surface area contributed by atoms with Crippen LogP contribution in [0, 0.1) is 0 Å². The molecule has 0 aromatic heterocycles. The lowest BCUT2D eigenvalue weighted by Gasteiger charge is -2.18. The molecule has 0 spiro atoms. The average molecular weight is 305 g/mol. The van der Waals surface area contributed by atoms with Gasteiger partial charge in [0.15, 0.2) is 0 Å². The highest BCUT2D eigenvalue weighted by molar-refractivity contribution is 9.09. The van der Waals surface area contributed by atoms with E-state index in [1.54, 1.807) is 11.0 Å². The number of rotatable bonds is 4. The van der Waals surface area contributed by atoms with Crippen molar-refractivity contribution < 1.29 is 4.79 Å². The number of hydrogen-bond acceptors (Lipinski definition) is 1. The van der Waals surface area contributed by atoms with Crippen molar-refractivity contribution in [3.05, 3.63) is 34.9 Å². The highest BCUT2D eigenvalue weighted by Gasteiger charge is 2.11. The molecule has 0 saturated carbocycles. The van der Waals surface area contributed by atoms with E-state index in [0.717, 1.165) is 5.56 Å². The summed E-state index contributed by atoms with van der Waals surface area (Å²) in [6.45, 7) is 2.72. The molecule has 0 aliphatic rings. The van der Waals surface area contributed by atoms with Crippen LogP contribution >= 0.6 is 27.5 Å². The number of hydrogen-bond donors (Lipinski definition) is 0. The van der Waals surface area contributed by atoms with E-state index in [1.807, 2.05) is 32.2 Å². The number of likely N-dealkylation sites (N-methyl/N-ethyl adjacent to an activating group) is 1. The molecular formula is C12H15BrClNO. The average Bonchev–Trinajstić information content (AvgIpc) is 2.16. The van der Waals surface area contributed by atoms with Crippen LogP contribution in [-0.4, -0.2) is 29.2 Å². The lowest BCUT2D eigenvalue weighted by atomic mass is 10.1. The maximum absolute atomic E-state index is 11.8. The highest BCUT2D eigenvalue weighted by Crippen LogP contribution is 2.12. The fourth-order valence-electron chi connectivity index (χ4n) is 1.44. The lowest BCUT2D eigenvalue weighted by Crippen LogP contribution is -2.32. The van der Waals surface area contributed by atoms with E-state index in [2.05, 4.69) is 15.9 Å². The first-order chi connectivity index (χ1) is 7.49. The quantitative estimate of drug-likeness (QED) is 0.783. The molecule has 0 fully saturated rings. The van der Waals surface area contributed by atoms with Crippen molar-refractivity contribution in [1.29, 1.82) is 0 Å². The van der Waals surface area contributed by atoms with Crippen molar-refractivity contribution in [2.45, 2.75) is 18.2 Å². The van der Waals surface area contributed by atoms with Crippen molar-refractivity contribution in [3.8, 4) is 0 Å². The van der Waals surface area contributed by atoms with Gasteiger partial charge >= 0.3 is 0 Å². The first kappa shape index (κ1) is 13.5. The van der Waals surface area contributed by atoms with Gasteiger partial charge in [-0.2, -0.15) is 0 Å². The summed E-state index contributed by atoms with van der Waals surface area (Å²) in [4.78, 5) is 13.9. The third kappa shape index (κ3) is 4.54. The van der Waals surface area contributed by atoms with Gasteiger partial charge in [-0.3, -0.25) is 4.79 Å². The topological polar surface area (TPSA) is 20.3 Å². The molecule has 88 valence electrons. The Hall–Kier alpha value is -0.540. The van der Waals surface area contributed by atoms with Gasteiger partial charge in [0.05, 0.1) is 6.42 Å². The van der Waals surface area contributed by atoms with Crippen LogP contribution in [0.3, 0.4) is 0 Å². The fraction of sp³-hybridized carbons (Fsp3) is 0.417. The van der Waals surface area contributed by atoms with Crippen molar-refractivity contribution in [1.82, 2.24) is 4.90 Å². The van der Waals surface area contributed by atoms with Crippen molar-refractivity contribution in [2.75, 3.05) is 13.6 Å². The van der Waals surface area contributed by atoms with Crippen LogP contribution in [0.5, 0.6) is 0 Å². The van der Waals surface area contributed by atoms with E-state index in [0.29, 0.717) is 22.8 Å². The zero-order valence-electron chi connectivity index (χ0n) is 9.41. The van der Waals surface area contributed by atoms with Crippen molar-refractivity contribution in [3.63, 3.8) is 0 Å². The number of carbonyl (C=O) groups is 1. The monoisotopic (exact) mass is 303 g/mol. The molecule has 4 heteroatoms. The molecule has 1 aromatic rings. The Morgan fingerprint density at radius 3 is 2.81 bits per heavy atom. The molecule has 16 heavy (non-hydrogen) atoms. The van der Waals surface area contributed by atoms with Gasteiger partial charge in [0, 0.05) is 23.4 Å². The normalized spacial score (nSPS) is 12.2. The van der Waals surface area contributed by atoms with E-state index >= 15 is 0 Å². The predicted octanol–water partition coefficient (Wildman–Crippen LogP) is 3.12. The summed E-state index contributed by atoms with van der Waals surface area (Å²) in [5, 5.41) is 0.668. The summed E-state index contributed by atoms with van der Waals surface area (Å²) in [6.07, 6.45) is 0.400. The molecule has 1 aromatic carbocycles. The molecule has 0 saturated heterocycles. The van der Waals surface area contributed by atoms with E-state index in [4.69, 9.17) is 11.6 Å². The van der Waals surface area contributed by atoms with E-state index in [9.17, 15) is 4.79 Å². The summed E-state index contributed by atoms with van der Waals surface area (Å²) in [6, 6.07) is 7.40. The van der Waals surface area contributed by atoms with Crippen LogP contribution in [-0.2, 0) is 11.2 Å². The summed E-state index contributed by atoms with van der Waals surface area (Å²) < 4.78 is 0. The van der Waals surface area contributed by atoms with Crippen LogP contribution in [0.15, 0.2) is 24.3 Å². The fourth-order valence-corrected chi connectivity index (χ4v) is 2.08. The SMILES string of the molecule is CC(Br)CN(C)C(=O)Cc1cccc(Cl)c1. The van der Waals surface area contributed by atoms with Crippen LogP contribution < -0.4 is 0 Å². The molecule has 1 rings (SSSR count). The van der Waals surface area contributed by atoms with Gasteiger partial charge in [0.2, 0.25) is 5.91 Å². The molecule has 0 aliphatic heterocycles. The number of halogens is 2. The third-order valence-electron chi connectivity index (χ3n) is 2.20. The van der Waals surface area contributed by atoms with Gasteiger partial charge in [0.25, 0.3) is 0 Å². The zero-order valence-corrected chi connectivity index (χ0v) is 11.8. The lowest BCUT2D eigenvalue weighted by molar-refractivity contribution is -0.129. The number of carbonyl (C=O) groups excluding carboxylic acids is 1. The van der Waals surface area contributed by atoms with Gasteiger partial charge in [0.1, 0.15) is 0 Å². The second-order valence-electron chi connectivity index (χ2n) is 3.86. The van der Waals surface area contributed by atoms with Crippen LogP contribution in [0.2, 0.25) is 5.02 Å². The van der Waals surface area contributed by atoms with Gasteiger partial charge < -0.3 is 4.90 Å². The Balaban J connectivity index is 2.57. The molecule has 0 bridgehead atoms. The van der Waals surface area contributed by atoms with Gasteiger partial charge in [-0.05, 0) is 17.7 Å². The number of alkyl halides is 1. The number of benzene rings is 1. The molecule has 1 amide bonds. The second-order valence-corrected chi connectivity index (χ2v) is 5.86. The minimum absolute atomic E-state index is 0.105. The Morgan fingerprint density at radius 1 is 1.56 bits per heavy atom. The minimum atomic E-state index is 0.105. The molecular weight excluding hydrogens is 289 g/mol. The van der Waals surface area contributed by atoms with Crippen molar-refractivity contribution >= 4 is 33.4 Å². The van der Waals surface area contributed by atoms with Crippen LogP contribution in [0.4, 0.5) is 0 Å². The first-order valence-corrected chi connectivity index (χ1v) is 6.41. The summed E-state index contributed by atoms with van der Waals surface area (Å²) in [7, 11) is 1.81. The van der Waals surface area contributed by atoms with E-state index < -0.39 is 0 Å². The first-order valence-electron chi connectivity index (χ1n) is 5.11. The Bertz CT molecular complexity index is 368. The number of nitrogens with zero attached hydrogens (tertiary/aromatic N) is 1. The summed E-state index contributed by atoms with van der Waals surface area (Å²) >= 11 is 9.29. The van der Waals surface area contributed by atoms with E-state index in [-0.39, 0.29) is 5.91 Å². The largest absolute Gasteiger partial charge is 0.344 e. The predicted molar refractivity (Wildman–Crippen MR) is 71.2 cm³/mol.